The number of amides is 3. The normalized spacial score (nSPS) is 28.0. The Morgan fingerprint density at radius 3 is 2.44 bits per heavy atom. The number of carbonyl (C=O) groups excluding carboxylic acids is 4. The molecular formula is C31H39N5O7. The largest absolute Gasteiger partial charge is 0.451 e. The van der Waals surface area contributed by atoms with Crippen LogP contribution in [-0.2, 0) is 33.4 Å². The summed E-state index contributed by atoms with van der Waals surface area (Å²) in [4.78, 5) is 58.3. The lowest BCUT2D eigenvalue weighted by Gasteiger charge is -2.36. The fourth-order valence-electron chi connectivity index (χ4n) is 5.42. The lowest BCUT2D eigenvalue weighted by atomic mass is 9.88. The molecule has 1 aromatic carbocycles. The summed E-state index contributed by atoms with van der Waals surface area (Å²) in [6.45, 7) is 7.38. The second-order valence-corrected chi connectivity index (χ2v) is 11.8. The summed E-state index contributed by atoms with van der Waals surface area (Å²) < 4.78 is 16.9. The predicted octanol–water partition coefficient (Wildman–Crippen LogP) is 2.00. The molecule has 2 fully saturated rings. The average Bonchev–Trinajstić information content (AvgIpc) is 3.01. The van der Waals surface area contributed by atoms with E-state index in [4.69, 9.17) is 19.2 Å². The van der Waals surface area contributed by atoms with Gasteiger partial charge < -0.3 is 24.8 Å². The van der Waals surface area contributed by atoms with E-state index in [2.05, 4.69) is 16.1 Å². The summed E-state index contributed by atoms with van der Waals surface area (Å²) >= 11 is 0. The summed E-state index contributed by atoms with van der Waals surface area (Å²) in [7, 11) is 0. The van der Waals surface area contributed by atoms with Crippen LogP contribution in [0.5, 0.6) is 0 Å². The van der Waals surface area contributed by atoms with E-state index in [1.807, 2.05) is 37.3 Å². The Hall–Kier alpha value is -3.87. The van der Waals surface area contributed by atoms with Crippen molar-refractivity contribution >= 4 is 40.7 Å². The van der Waals surface area contributed by atoms with E-state index in [-0.39, 0.29) is 37.9 Å². The summed E-state index contributed by atoms with van der Waals surface area (Å²) in [6, 6.07) is 7.60. The van der Waals surface area contributed by atoms with Crippen LogP contribution in [0.3, 0.4) is 0 Å². The Morgan fingerprint density at radius 2 is 1.70 bits per heavy atom. The standard InChI is InChI=1S/C31H39N5O7/c1-18(2)26-28(38)33-20(4)29(39)36-13-5-6-24(35-36)27(37)32-19(3)23-10-9-22-8-7-21(14-25(22)34-23)11-12-31(30(40)43-26)15-41-17-42-16-31/h7-12,14,18-20,24,26,35H,5-6,13,15-17H2,1-4H3,(H,32,37)(H,33,38)/b12-11+/t19?,20-,24-,26-/m0/s1. The van der Waals surface area contributed by atoms with Gasteiger partial charge in [-0.25, -0.2) is 5.43 Å². The highest BCUT2D eigenvalue weighted by atomic mass is 16.7. The lowest BCUT2D eigenvalue weighted by Crippen LogP contribution is -2.61. The zero-order valence-electron chi connectivity index (χ0n) is 24.9. The molecule has 12 nitrogen and oxygen atoms in total. The van der Waals surface area contributed by atoms with Crippen molar-refractivity contribution in [1.82, 2.24) is 26.1 Å². The predicted molar refractivity (Wildman–Crippen MR) is 157 cm³/mol. The number of pyridine rings is 1. The highest BCUT2D eigenvalue weighted by Gasteiger charge is 2.44. The number of ether oxygens (including phenoxy) is 3. The lowest BCUT2D eigenvalue weighted by molar-refractivity contribution is -0.192. The fourth-order valence-corrected chi connectivity index (χ4v) is 5.42. The molecule has 5 rings (SSSR count). The van der Waals surface area contributed by atoms with Crippen LogP contribution in [0.4, 0.5) is 0 Å². The monoisotopic (exact) mass is 593 g/mol. The molecule has 12 heteroatoms. The Labute approximate surface area is 250 Å². The summed E-state index contributed by atoms with van der Waals surface area (Å²) in [5.74, 6) is -2.30. The second kappa shape index (κ2) is 12.8. The number of nitrogens with zero attached hydrogens (tertiary/aromatic N) is 2. The average molecular weight is 594 g/mol. The minimum absolute atomic E-state index is 0.0125. The van der Waals surface area contributed by atoms with Crippen molar-refractivity contribution in [2.45, 2.75) is 64.8 Å². The fraction of sp³-hybridized carbons (Fsp3) is 0.516. The molecule has 43 heavy (non-hydrogen) atoms. The molecule has 0 saturated carbocycles. The van der Waals surface area contributed by atoms with Gasteiger partial charge in [-0.05, 0) is 50.3 Å². The van der Waals surface area contributed by atoms with E-state index in [0.29, 0.717) is 25.1 Å². The zero-order chi connectivity index (χ0) is 30.7. The number of hydrazine groups is 1. The molecule has 0 radical (unpaired) electrons. The number of hydrogen-bond acceptors (Lipinski definition) is 9. The molecule has 2 aromatic rings. The van der Waals surface area contributed by atoms with E-state index >= 15 is 0 Å². The molecule has 1 spiro atoms. The van der Waals surface area contributed by atoms with Gasteiger partial charge in [0, 0.05) is 11.9 Å². The number of aromatic nitrogens is 1. The van der Waals surface area contributed by atoms with Gasteiger partial charge in [0.1, 0.15) is 24.3 Å². The van der Waals surface area contributed by atoms with Gasteiger partial charge in [0.25, 0.3) is 11.8 Å². The molecule has 4 heterocycles. The third-order valence-corrected chi connectivity index (χ3v) is 8.02. The molecule has 3 aliphatic heterocycles. The van der Waals surface area contributed by atoms with E-state index in [1.165, 1.54) is 5.01 Å². The molecule has 3 aliphatic rings. The molecule has 3 amide bonds. The van der Waals surface area contributed by atoms with E-state index in [1.54, 1.807) is 32.9 Å². The molecule has 0 aliphatic carbocycles. The molecule has 5 bridgehead atoms. The SMILES string of the molecule is CC1NC(=O)[C@@H]2CCCN(N2)C(=O)[C@H](C)NC(=O)[C@H](C(C)C)OC(=O)C2(/C=C/c3ccc4ccc1nc4c3)COCOC2. The number of nitrogens with one attached hydrogen (secondary N) is 3. The van der Waals surface area contributed by atoms with Crippen molar-refractivity contribution in [3.63, 3.8) is 0 Å². The van der Waals surface area contributed by atoms with Crippen molar-refractivity contribution in [1.29, 1.82) is 0 Å². The van der Waals surface area contributed by atoms with Crippen LogP contribution in [0.2, 0.25) is 0 Å². The van der Waals surface area contributed by atoms with Crippen molar-refractivity contribution in [3.05, 3.63) is 47.7 Å². The summed E-state index contributed by atoms with van der Waals surface area (Å²) in [6.07, 6.45) is 3.46. The molecule has 1 unspecified atom stereocenters. The molecule has 2 saturated heterocycles. The van der Waals surface area contributed by atoms with Crippen LogP contribution in [0.25, 0.3) is 17.0 Å². The highest BCUT2D eigenvalue weighted by Crippen LogP contribution is 2.29. The van der Waals surface area contributed by atoms with E-state index < -0.39 is 41.4 Å². The number of fused-ring (bicyclic) bond motifs is 4. The number of esters is 1. The molecule has 4 atom stereocenters. The van der Waals surface area contributed by atoms with E-state index in [9.17, 15) is 19.2 Å². The van der Waals surface area contributed by atoms with Gasteiger partial charge in [0.15, 0.2) is 6.10 Å². The number of hydrogen-bond donors (Lipinski definition) is 3. The number of carbonyl (C=O) groups is 4. The first-order valence-corrected chi connectivity index (χ1v) is 14.7. The van der Waals surface area contributed by atoms with Gasteiger partial charge in [0.2, 0.25) is 5.91 Å². The maximum absolute atomic E-state index is 13.7. The first kappa shape index (κ1) is 30.6. The van der Waals surface area contributed by atoms with Gasteiger partial charge in [-0.3, -0.25) is 29.2 Å². The maximum atomic E-state index is 13.7. The van der Waals surface area contributed by atoms with E-state index in [0.717, 1.165) is 16.5 Å². The second-order valence-electron chi connectivity index (χ2n) is 11.8. The smallest absolute Gasteiger partial charge is 0.321 e. The highest BCUT2D eigenvalue weighted by molar-refractivity contribution is 5.92. The van der Waals surface area contributed by atoms with Crippen LogP contribution < -0.4 is 16.1 Å². The number of cyclic esters (lactones) is 1. The quantitative estimate of drug-likeness (QED) is 0.422. The first-order valence-electron chi connectivity index (χ1n) is 14.7. The third-order valence-electron chi connectivity index (χ3n) is 8.02. The minimum atomic E-state index is -1.29. The Balaban J connectivity index is 1.53. The molecule has 3 N–H and O–H groups in total. The number of rotatable bonds is 1. The van der Waals surface area contributed by atoms with Crippen molar-refractivity contribution in [2.24, 2.45) is 11.3 Å². The summed E-state index contributed by atoms with van der Waals surface area (Å²) in [5.41, 5.74) is 3.92. The Bertz CT molecular complexity index is 1420. The third kappa shape index (κ3) is 6.71. The van der Waals surface area contributed by atoms with Crippen LogP contribution in [0, 0.1) is 11.3 Å². The summed E-state index contributed by atoms with van der Waals surface area (Å²) in [5, 5.41) is 7.99. The Morgan fingerprint density at radius 1 is 0.977 bits per heavy atom. The molecular weight excluding hydrogens is 554 g/mol. The van der Waals surface area contributed by atoms with Crippen LogP contribution in [0.1, 0.15) is 57.8 Å². The topological polar surface area (TPSA) is 148 Å². The van der Waals surface area contributed by atoms with Crippen molar-refractivity contribution in [3.8, 4) is 0 Å². The zero-order valence-corrected chi connectivity index (χ0v) is 24.9. The van der Waals surface area contributed by atoms with Crippen LogP contribution in [0.15, 0.2) is 36.4 Å². The first-order chi connectivity index (χ1) is 20.6. The molecule has 230 valence electrons. The Kier molecular flexibility index (Phi) is 9.09. The minimum Gasteiger partial charge on any atom is -0.451 e. The van der Waals surface area contributed by atoms with Crippen molar-refractivity contribution < 1.29 is 33.4 Å². The van der Waals surface area contributed by atoms with Crippen molar-refractivity contribution in [2.75, 3.05) is 26.6 Å². The maximum Gasteiger partial charge on any atom is 0.321 e. The number of benzene rings is 1. The van der Waals surface area contributed by atoms with Gasteiger partial charge in [0.05, 0.1) is 30.5 Å². The van der Waals surface area contributed by atoms with Gasteiger partial charge >= 0.3 is 5.97 Å². The molecule has 1 aromatic heterocycles. The van der Waals surface area contributed by atoms with Gasteiger partial charge in [-0.1, -0.05) is 44.2 Å². The van der Waals surface area contributed by atoms with Crippen LogP contribution in [-0.4, -0.2) is 78.4 Å². The van der Waals surface area contributed by atoms with Crippen LogP contribution >= 0.6 is 0 Å². The van der Waals surface area contributed by atoms with Gasteiger partial charge in [-0.2, -0.15) is 0 Å². The van der Waals surface area contributed by atoms with Gasteiger partial charge in [-0.15, -0.1) is 0 Å².